The standard InChI is InChI=1S/C26H31F2N9O/c1-20(26(38,17-36-19-29-18-30-36)23-8-7-22(27)15-24(23)28)37-32-25(31-33-37)9-10-34-11-13-35(14-12-34)16-21-5-3-2-4-6-21/h2-8,15,18-20,38H,9-14,16-17H2,1H3/t20-,26+/m0/s1. The summed E-state index contributed by atoms with van der Waals surface area (Å²) >= 11 is 0. The maximum Gasteiger partial charge on any atom is 0.176 e. The van der Waals surface area contributed by atoms with Crippen LogP contribution in [0.15, 0.2) is 61.2 Å². The topological polar surface area (TPSA) is 101 Å². The zero-order valence-corrected chi connectivity index (χ0v) is 21.2. The Labute approximate surface area is 219 Å². The number of tetrazole rings is 1. The molecule has 0 radical (unpaired) electrons. The zero-order valence-electron chi connectivity index (χ0n) is 21.2. The van der Waals surface area contributed by atoms with E-state index in [1.165, 1.54) is 33.8 Å². The van der Waals surface area contributed by atoms with Crippen LogP contribution in [0.4, 0.5) is 8.78 Å². The third-order valence-corrected chi connectivity index (χ3v) is 7.14. The van der Waals surface area contributed by atoms with Gasteiger partial charge in [0.15, 0.2) is 5.82 Å². The fraction of sp³-hybridized carbons (Fsp3) is 0.423. The number of benzene rings is 2. The van der Waals surface area contributed by atoms with Crippen molar-refractivity contribution in [3.63, 3.8) is 0 Å². The Kier molecular flexibility index (Phi) is 7.82. The van der Waals surface area contributed by atoms with Crippen molar-refractivity contribution in [1.82, 2.24) is 44.8 Å². The zero-order chi connectivity index (χ0) is 26.5. The highest BCUT2D eigenvalue weighted by Crippen LogP contribution is 2.35. The Balaban J connectivity index is 1.22. The van der Waals surface area contributed by atoms with Crippen LogP contribution in [0, 0.1) is 11.6 Å². The second kappa shape index (κ2) is 11.4. The van der Waals surface area contributed by atoms with Crippen LogP contribution < -0.4 is 0 Å². The van der Waals surface area contributed by atoms with E-state index in [9.17, 15) is 13.9 Å². The van der Waals surface area contributed by atoms with Gasteiger partial charge in [-0.25, -0.2) is 18.4 Å². The average molecular weight is 524 g/mol. The number of halogens is 2. The Hall–Kier alpha value is -3.61. The normalized spacial score (nSPS) is 17.4. The molecule has 0 amide bonds. The first-order chi connectivity index (χ1) is 18.4. The van der Waals surface area contributed by atoms with E-state index in [4.69, 9.17) is 0 Å². The van der Waals surface area contributed by atoms with Gasteiger partial charge >= 0.3 is 0 Å². The van der Waals surface area contributed by atoms with Gasteiger partial charge in [0.2, 0.25) is 0 Å². The van der Waals surface area contributed by atoms with Gasteiger partial charge in [-0.1, -0.05) is 36.4 Å². The molecule has 1 aliphatic rings. The SMILES string of the molecule is C[C@H](n1nnc(CCN2CCN(Cc3ccccc3)CC2)n1)[C@](O)(Cn1cncn1)c1ccc(F)cc1F. The predicted molar refractivity (Wildman–Crippen MR) is 135 cm³/mol. The van der Waals surface area contributed by atoms with Gasteiger partial charge in [-0.2, -0.15) is 9.90 Å². The lowest BCUT2D eigenvalue weighted by Gasteiger charge is -2.34. The fourth-order valence-corrected chi connectivity index (χ4v) is 4.83. The summed E-state index contributed by atoms with van der Waals surface area (Å²) < 4.78 is 29.8. The van der Waals surface area contributed by atoms with Crippen LogP contribution in [0.1, 0.15) is 29.9 Å². The number of rotatable bonds is 10. The summed E-state index contributed by atoms with van der Waals surface area (Å²) in [5.41, 5.74) is -0.618. The quantitative estimate of drug-likeness (QED) is 0.337. The van der Waals surface area contributed by atoms with Crippen molar-refractivity contribution in [3.8, 4) is 0 Å². The van der Waals surface area contributed by atoms with Gasteiger partial charge in [0.05, 0.1) is 6.54 Å². The Morgan fingerprint density at radius 1 is 1.03 bits per heavy atom. The molecule has 0 saturated carbocycles. The maximum absolute atomic E-state index is 14.8. The van der Waals surface area contributed by atoms with Gasteiger partial charge in [-0.15, -0.1) is 10.2 Å². The minimum atomic E-state index is -1.85. The molecule has 1 fully saturated rings. The van der Waals surface area contributed by atoms with E-state index in [0.717, 1.165) is 51.4 Å². The van der Waals surface area contributed by atoms with Crippen LogP contribution in [0.3, 0.4) is 0 Å². The highest BCUT2D eigenvalue weighted by atomic mass is 19.1. The van der Waals surface area contributed by atoms with Crippen molar-refractivity contribution in [2.75, 3.05) is 32.7 Å². The summed E-state index contributed by atoms with van der Waals surface area (Å²) in [7, 11) is 0. The molecule has 0 bridgehead atoms. The molecule has 200 valence electrons. The molecule has 10 nitrogen and oxygen atoms in total. The summed E-state index contributed by atoms with van der Waals surface area (Å²) in [6, 6.07) is 12.7. The van der Waals surface area contributed by atoms with Gasteiger partial charge in [0.25, 0.3) is 0 Å². The van der Waals surface area contributed by atoms with Crippen LogP contribution in [-0.2, 0) is 25.1 Å². The van der Waals surface area contributed by atoms with Gasteiger partial charge in [0.1, 0.15) is 35.9 Å². The molecule has 2 aromatic carbocycles. The van der Waals surface area contributed by atoms with Crippen molar-refractivity contribution in [3.05, 3.63) is 89.8 Å². The van der Waals surface area contributed by atoms with Crippen molar-refractivity contribution in [2.45, 2.75) is 38.1 Å². The molecule has 5 rings (SSSR count). The molecule has 0 unspecified atom stereocenters. The van der Waals surface area contributed by atoms with Crippen molar-refractivity contribution in [2.24, 2.45) is 0 Å². The predicted octanol–water partition coefficient (Wildman–Crippen LogP) is 2.05. The molecule has 3 heterocycles. The third kappa shape index (κ3) is 5.93. The van der Waals surface area contributed by atoms with Crippen molar-refractivity contribution < 1.29 is 13.9 Å². The molecule has 0 aliphatic carbocycles. The van der Waals surface area contributed by atoms with E-state index >= 15 is 0 Å². The van der Waals surface area contributed by atoms with Crippen LogP contribution in [-0.4, -0.2) is 82.6 Å². The van der Waals surface area contributed by atoms with Crippen LogP contribution >= 0.6 is 0 Å². The number of aromatic nitrogens is 7. The van der Waals surface area contributed by atoms with E-state index < -0.39 is 23.3 Å². The van der Waals surface area contributed by atoms with Gasteiger partial charge in [-0.3, -0.25) is 4.90 Å². The Bertz CT molecular complexity index is 1310. The highest BCUT2D eigenvalue weighted by Gasteiger charge is 2.41. The summed E-state index contributed by atoms with van der Waals surface area (Å²) in [5, 5.41) is 28.6. The molecule has 1 N–H and O–H groups in total. The fourth-order valence-electron chi connectivity index (χ4n) is 4.83. The lowest BCUT2D eigenvalue weighted by Crippen LogP contribution is -2.46. The number of hydrogen-bond acceptors (Lipinski definition) is 8. The largest absolute Gasteiger partial charge is 0.381 e. The lowest BCUT2D eigenvalue weighted by molar-refractivity contribution is -0.0418. The molecule has 4 aromatic rings. The molecular formula is C26H31F2N9O. The molecule has 2 aromatic heterocycles. The second-order valence-electron chi connectivity index (χ2n) is 9.70. The van der Waals surface area contributed by atoms with E-state index in [1.807, 2.05) is 6.07 Å². The summed E-state index contributed by atoms with van der Waals surface area (Å²) in [6.07, 6.45) is 3.33. The minimum Gasteiger partial charge on any atom is -0.381 e. The van der Waals surface area contributed by atoms with Crippen LogP contribution in [0.25, 0.3) is 0 Å². The third-order valence-electron chi connectivity index (χ3n) is 7.14. The molecule has 38 heavy (non-hydrogen) atoms. The van der Waals surface area contributed by atoms with Crippen molar-refractivity contribution in [1.29, 1.82) is 0 Å². The first-order valence-electron chi connectivity index (χ1n) is 12.7. The minimum absolute atomic E-state index is 0.0888. The average Bonchev–Trinajstić information content (AvgIpc) is 3.61. The van der Waals surface area contributed by atoms with Gasteiger partial charge in [0, 0.05) is 57.3 Å². The molecular weight excluding hydrogens is 492 g/mol. The molecule has 1 aliphatic heterocycles. The van der Waals surface area contributed by atoms with E-state index in [-0.39, 0.29) is 12.1 Å². The lowest BCUT2D eigenvalue weighted by atomic mass is 9.86. The molecule has 12 heteroatoms. The Morgan fingerprint density at radius 2 is 1.79 bits per heavy atom. The van der Waals surface area contributed by atoms with Gasteiger partial charge in [-0.05, 0) is 23.8 Å². The number of piperazine rings is 1. The molecule has 1 saturated heterocycles. The Morgan fingerprint density at radius 3 is 2.50 bits per heavy atom. The van der Waals surface area contributed by atoms with Crippen LogP contribution in [0.5, 0.6) is 0 Å². The molecule has 2 atom stereocenters. The van der Waals surface area contributed by atoms with Gasteiger partial charge < -0.3 is 10.0 Å². The second-order valence-corrected chi connectivity index (χ2v) is 9.70. The first kappa shape index (κ1) is 26.0. The summed E-state index contributed by atoms with van der Waals surface area (Å²) in [5.74, 6) is -1.07. The number of aliphatic hydroxyl groups is 1. The molecule has 0 spiro atoms. The van der Waals surface area contributed by atoms with E-state index in [0.29, 0.717) is 12.2 Å². The van der Waals surface area contributed by atoms with Crippen LogP contribution in [0.2, 0.25) is 0 Å². The summed E-state index contributed by atoms with van der Waals surface area (Å²) in [6.45, 7) is 7.16. The highest BCUT2D eigenvalue weighted by molar-refractivity contribution is 5.26. The monoisotopic (exact) mass is 523 g/mol. The van der Waals surface area contributed by atoms with E-state index in [2.05, 4.69) is 59.6 Å². The maximum atomic E-state index is 14.8. The smallest absolute Gasteiger partial charge is 0.176 e. The van der Waals surface area contributed by atoms with Crippen molar-refractivity contribution >= 4 is 0 Å². The number of hydrogen-bond donors (Lipinski definition) is 1. The summed E-state index contributed by atoms with van der Waals surface area (Å²) in [4.78, 5) is 10.0. The van der Waals surface area contributed by atoms with E-state index in [1.54, 1.807) is 6.92 Å². The number of nitrogens with zero attached hydrogens (tertiary/aromatic N) is 9. The first-order valence-corrected chi connectivity index (χ1v) is 12.7.